The highest BCUT2D eigenvalue weighted by Gasteiger charge is 2.46. The van der Waals surface area contributed by atoms with Gasteiger partial charge in [0.15, 0.2) is 11.6 Å². The van der Waals surface area contributed by atoms with E-state index in [4.69, 9.17) is 33.0 Å². The number of nitrogens with two attached hydrogens (primary N) is 2. The van der Waals surface area contributed by atoms with Crippen LogP contribution >= 0.6 is 23.4 Å². The van der Waals surface area contributed by atoms with Crippen molar-refractivity contribution in [3.8, 4) is 0 Å². The zero-order valence-corrected chi connectivity index (χ0v) is 23.7. The molecule has 1 aromatic carbocycles. The third-order valence-corrected chi connectivity index (χ3v) is 10.5. The van der Waals surface area contributed by atoms with Crippen molar-refractivity contribution in [2.45, 2.75) is 62.6 Å². The molecule has 4 N–H and O–H groups in total. The Kier molecular flexibility index (Phi) is 7.06. The van der Waals surface area contributed by atoms with Crippen molar-refractivity contribution in [2.75, 3.05) is 36.8 Å². The van der Waals surface area contributed by atoms with Gasteiger partial charge in [0.1, 0.15) is 5.03 Å². The number of hydrogen-bond acceptors (Lipinski definition) is 7. The first-order chi connectivity index (χ1) is 18.4. The fourth-order valence-electron chi connectivity index (χ4n) is 6.77. The van der Waals surface area contributed by atoms with Crippen molar-refractivity contribution in [1.82, 2.24) is 14.9 Å². The number of benzene rings is 1. The van der Waals surface area contributed by atoms with Gasteiger partial charge in [0.2, 0.25) is 0 Å². The molecule has 1 unspecified atom stereocenters. The Hall–Kier alpha value is -2.32. The highest BCUT2D eigenvalue weighted by molar-refractivity contribution is 8.03. The van der Waals surface area contributed by atoms with Crippen LogP contribution in [-0.2, 0) is 6.42 Å². The molecular weight excluding hydrogens is 512 g/mol. The largest absolute Gasteiger partial charge is 0.381 e. The molecule has 2 aromatic rings. The molecule has 0 amide bonds. The molecule has 200 valence electrons. The predicted molar refractivity (Wildman–Crippen MR) is 158 cm³/mol. The van der Waals surface area contributed by atoms with Crippen molar-refractivity contribution in [2.24, 2.45) is 11.1 Å². The highest BCUT2D eigenvalue weighted by atomic mass is 35.5. The molecule has 0 radical (unpaired) electrons. The van der Waals surface area contributed by atoms with E-state index in [9.17, 15) is 0 Å². The number of nitrogens with zero attached hydrogens (tertiary/aromatic N) is 4. The van der Waals surface area contributed by atoms with Crippen LogP contribution in [-0.4, -0.2) is 47.1 Å². The minimum absolute atomic E-state index is 0.0555. The lowest BCUT2D eigenvalue weighted by Gasteiger charge is -2.42. The van der Waals surface area contributed by atoms with Crippen molar-refractivity contribution < 1.29 is 0 Å². The third kappa shape index (κ3) is 4.57. The van der Waals surface area contributed by atoms with Gasteiger partial charge in [-0.05, 0) is 75.1 Å². The van der Waals surface area contributed by atoms with Crippen LogP contribution < -0.4 is 16.4 Å². The van der Waals surface area contributed by atoms with Gasteiger partial charge in [0.05, 0.1) is 16.8 Å². The molecule has 2 atom stereocenters. The molecule has 8 heteroatoms. The van der Waals surface area contributed by atoms with Crippen molar-refractivity contribution in [3.63, 3.8) is 0 Å². The van der Waals surface area contributed by atoms with E-state index >= 15 is 0 Å². The molecule has 6 nitrogen and oxygen atoms in total. The average Bonchev–Trinajstić information content (AvgIpc) is 3.50. The Morgan fingerprint density at radius 2 is 1.84 bits per heavy atom. The van der Waals surface area contributed by atoms with E-state index < -0.39 is 0 Å². The van der Waals surface area contributed by atoms with Crippen LogP contribution in [0.2, 0.25) is 0 Å². The van der Waals surface area contributed by atoms with E-state index in [-0.39, 0.29) is 17.5 Å². The maximum absolute atomic E-state index is 7.03. The zero-order valence-electron chi connectivity index (χ0n) is 22.1. The van der Waals surface area contributed by atoms with Gasteiger partial charge in [-0.3, -0.25) is 4.90 Å². The predicted octanol–water partition coefficient (Wildman–Crippen LogP) is 5.73. The number of rotatable bonds is 4. The summed E-state index contributed by atoms with van der Waals surface area (Å²) in [7, 11) is 0. The number of anilines is 2. The van der Waals surface area contributed by atoms with Gasteiger partial charge in [-0.25, -0.2) is 9.97 Å². The second kappa shape index (κ2) is 10.3. The van der Waals surface area contributed by atoms with Crippen molar-refractivity contribution in [1.29, 1.82) is 0 Å². The van der Waals surface area contributed by atoms with Crippen molar-refractivity contribution >= 4 is 35.0 Å². The Labute approximate surface area is 235 Å². The van der Waals surface area contributed by atoms with Crippen LogP contribution in [0.15, 0.2) is 63.5 Å². The molecule has 38 heavy (non-hydrogen) atoms. The number of aromatic nitrogens is 2. The van der Waals surface area contributed by atoms with E-state index in [1.165, 1.54) is 35.7 Å². The first kappa shape index (κ1) is 25.9. The summed E-state index contributed by atoms with van der Waals surface area (Å²) in [5, 5.41) is 1.52. The Balaban J connectivity index is 1.19. The number of aryl methyl sites for hydroxylation is 1. The number of likely N-dealkylation sites (tertiary alicyclic amines) is 1. The lowest BCUT2D eigenvalue weighted by molar-refractivity contribution is 0.187. The van der Waals surface area contributed by atoms with Crippen LogP contribution in [0.4, 0.5) is 11.6 Å². The molecule has 2 saturated heterocycles. The molecular formula is C30H37ClN6S. The van der Waals surface area contributed by atoms with Gasteiger partial charge in [-0.2, -0.15) is 0 Å². The monoisotopic (exact) mass is 548 g/mol. The molecule has 2 fully saturated rings. The van der Waals surface area contributed by atoms with E-state index in [0.717, 1.165) is 78.9 Å². The van der Waals surface area contributed by atoms with Gasteiger partial charge in [0.25, 0.3) is 0 Å². The molecule has 0 bridgehead atoms. The van der Waals surface area contributed by atoms with Crippen LogP contribution in [0.25, 0.3) is 0 Å². The average molecular weight is 549 g/mol. The van der Waals surface area contributed by atoms with Gasteiger partial charge < -0.3 is 16.4 Å². The smallest absolute Gasteiger partial charge is 0.158 e. The summed E-state index contributed by atoms with van der Waals surface area (Å²) in [6.45, 7) is 10.3. The quantitative estimate of drug-likeness (QED) is 0.472. The summed E-state index contributed by atoms with van der Waals surface area (Å²) >= 11 is 8.54. The normalized spacial score (nSPS) is 25.3. The number of hydrogen-bond donors (Lipinski definition) is 2. The number of nitrogen functional groups attached to an aromatic ring is 1. The molecule has 1 aromatic heterocycles. The summed E-state index contributed by atoms with van der Waals surface area (Å²) in [4.78, 5) is 15.6. The van der Waals surface area contributed by atoms with Gasteiger partial charge >= 0.3 is 0 Å². The maximum atomic E-state index is 7.03. The number of halogens is 1. The van der Waals surface area contributed by atoms with Gasteiger partial charge in [-0.15, -0.1) is 0 Å². The summed E-state index contributed by atoms with van der Waals surface area (Å²) in [6.07, 6.45) is 10.6. The Morgan fingerprint density at radius 3 is 2.58 bits per heavy atom. The maximum Gasteiger partial charge on any atom is 0.158 e. The third-order valence-electron chi connectivity index (χ3n) is 8.91. The zero-order chi connectivity index (χ0) is 26.4. The minimum Gasteiger partial charge on any atom is -0.381 e. The standard InChI is InChI=1S/C30H37ClN6S/c1-19-8-7-11-23(24(31)25(19)36-14-5-6-15-36)38-29-27(33)35-28(20(2)34-29)37-16-12-30(13-17-37)18-21-9-3-4-10-22(21)26(30)32/h3-4,7,9-11,25-26H,1,5-6,8,12-18,32H2,2H3,(H2,33,35)/t25?,26-/m1/s1. The van der Waals surface area contributed by atoms with Gasteiger partial charge in [-0.1, -0.05) is 71.9 Å². The highest BCUT2D eigenvalue weighted by Crippen LogP contribution is 2.51. The number of allylic oxidation sites excluding steroid dienone is 2. The van der Waals surface area contributed by atoms with E-state index in [1.807, 2.05) is 6.92 Å². The second-order valence-corrected chi connectivity index (χ2v) is 12.7. The van der Waals surface area contributed by atoms with E-state index in [1.54, 1.807) is 0 Å². The Morgan fingerprint density at radius 1 is 1.11 bits per heavy atom. The van der Waals surface area contributed by atoms with Crippen LogP contribution in [0.3, 0.4) is 0 Å². The fraction of sp³-hybridized carbons (Fsp3) is 0.467. The van der Waals surface area contributed by atoms with Crippen molar-refractivity contribution in [3.05, 3.63) is 75.3 Å². The van der Waals surface area contributed by atoms with E-state index in [0.29, 0.717) is 10.8 Å². The molecule has 2 aliphatic carbocycles. The number of piperidine rings is 1. The summed E-state index contributed by atoms with van der Waals surface area (Å²) < 4.78 is 0. The van der Waals surface area contributed by atoms with Crippen LogP contribution in [0.5, 0.6) is 0 Å². The minimum atomic E-state index is 0.0555. The second-order valence-electron chi connectivity index (χ2n) is 11.3. The van der Waals surface area contributed by atoms with Crippen LogP contribution in [0, 0.1) is 12.3 Å². The molecule has 2 aliphatic heterocycles. The number of thioether (sulfide) groups is 1. The first-order valence-electron chi connectivity index (χ1n) is 13.7. The summed E-state index contributed by atoms with van der Waals surface area (Å²) in [5.74, 6) is 1.33. The van der Waals surface area contributed by atoms with Gasteiger partial charge in [0, 0.05) is 24.0 Å². The summed E-state index contributed by atoms with van der Waals surface area (Å²) in [6, 6.07) is 8.81. The molecule has 0 saturated carbocycles. The number of fused-ring (bicyclic) bond motifs is 1. The lowest BCUT2D eigenvalue weighted by atomic mass is 9.73. The summed E-state index contributed by atoms with van der Waals surface area (Å²) in [5.41, 5.74) is 18.2. The fourth-order valence-corrected chi connectivity index (χ4v) is 8.16. The topological polar surface area (TPSA) is 84.3 Å². The molecule has 6 rings (SSSR count). The Bertz CT molecular complexity index is 1310. The SMILES string of the molecule is C=C1CC=CC(Sc2nc(C)c(N3CCC4(CC3)Cc3ccccc3[C@H]4N)nc2N)=C(Cl)C1N1CCCC1. The molecule has 3 heterocycles. The molecule has 4 aliphatic rings. The lowest BCUT2D eigenvalue weighted by Crippen LogP contribution is -2.45. The van der Waals surface area contributed by atoms with E-state index in [2.05, 4.69) is 52.8 Å². The van der Waals surface area contributed by atoms with Crippen LogP contribution in [0.1, 0.15) is 55.0 Å². The molecule has 1 spiro atoms. The first-order valence-corrected chi connectivity index (χ1v) is 14.9.